The van der Waals surface area contributed by atoms with E-state index in [4.69, 9.17) is 32.7 Å². The maximum Gasteiger partial charge on any atom is 0.345 e. The summed E-state index contributed by atoms with van der Waals surface area (Å²) in [5.41, 5.74) is 0.684. The molecular weight excluding hydrogens is 381 g/mol. The number of nitrogens with zero attached hydrogens (tertiary/aromatic N) is 1. The Balaban J connectivity index is 2.32. The van der Waals surface area contributed by atoms with Crippen LogP contribution >= 0.6 is 23.2 Å². The van der Waals surface area contributed by atoms with Crippen molar-refractivity contribution >= 4 is 35.2 Å². The van der Waals surface area contributed by atoms with Crippen LogP contribution in [-0.4, -0.2) is 17.5 Å². The molecule has 0 saturated heterocycles. The summed E-state index contributed by atoms with van der Waals surface area (Å²) in [6, 6.07) is 9.08. The van der Waals surface area contributed by atoms with Crippen LogP contribution in [0.15, 0.2) is 42.1 Å². The molecule has 0 atom stereocenters. The van der Waals surface area contributed by atoms with Crippen LogP contribution in [0.1, 0.15) is 29.8 Å². The highest BCUT2D eigenvalue weighted by Crippen LogP contribution is 2.31. The number of hydrogen-bond donors (Lipinski definition) is 0. The van der Waals surface area contributed by atoms with E-state index in [0.29, 0.717) is 17.2 Å². The molecule has 0 heterocycles. The van der Waals surface area contributed by atoms with Crippen molar-refractivity contribution in [3.05, 3.63) is 73.4 Å². The Hall–Kier alpha value is -2.57. The number of halogens is 2. The number of carbonyl (C=O) groups is 1. The van der Waals surface area contributed by atoms with Gasteiger partial charge >= 0.3 is 5.97 Å². The summed E-state index contributed by atoms with van der Waals surface area (Å²) in [4.78, 5) is 22.6. The molecular formula is C18H15Cl2NO5. The summed E-state index contributed by atoms with van der Waals surface area (Å²) in [5.74, 6) is -0.202. The average Bonchev–Trinajstić information content (AvgIpc) is 2.57. The first kappa shape index (κ1) is 19.8. The zero-order chi connectivity index (χ0) is 19.3. The monoisotopic (exact) mass is 395 g/mol. The van der Waals surface area contributed by atoms with E-state index in [0.717, 1.165) is 0 Å². The van der Waals surface area contributed by atoms with Crippen LogP contribution in [0.3, 0.4) is 0 Å². The number of rotatable bonds is 6. The van der Waals surface area contributed by atoms with Crippen molar-refractivity contribution < 1.29 is 19.2 Å². The van der Waals surface area contributed by atoms with Crippen LogP contribution in [0.2, 0.25) is 10.0 Å². The lowest BCUT2D eigenvalue weighted by molar-refractivity contribution is -0.422. The predicted molar refractivity (Wildman–Crippen MR) is 99.7 cm³/mol. The first-order chi connectivity index (χ1) is 12.3. The molecule has 2 aromatic rings. The van der Waals surface area contributed by atoms with Gasteiger partial charge in [-0.05, 0) is 42.8 Å². The van der Waals surface area contributed by atoms with Gasteiger partial charge in [0, 0.05) is 18.0 Å². The number of hydrogen-bond acceptors (Lipinski definition) is 5. The Bertz CT molecular complexity index is 880. The molecule has 8 heteroatoms. The highest BCUT2D eigenvalue weighted by atomic mass is 35.5. The Morgan fingerprint density at radius 1 is 1.19 bits per heavy atom. The first-order valence-corrected chi connectivity index (χ1v) is 8.34. The topological polar surface area (TPSA) is 78.7 Å². The van der Waals surface area contributed by atoms with Crippen LogP contribution in [0.25, 0.3) is 6.08 Å². The van der Waals surface area contributed by atoms with Crippen molar-refractivity contribution in [3.8, 4) is 11.5 Å². The molecule has 2 aromatic carbocycles. The van der Waals surface area contributed by atoms with Gasteiger partial charge < -0.3 is 9.47 Å². The summed E-state index contributed by atoms with van der Waals surface area (Å²) in [7, 11) is 0. The zero-order valence-electron chi connectivity index (χ0n) is 14.0. The number of benzene rings is 2. The van der Waals surface area contributed by atoms with E-state index in [1.807, 2.05) is 0 Å². The molecule has 0 bridgehead atoms. The van der Waals surface area contributed by atoms with Crippen LogP contribution in [0.4, 0.5) is 0 Å². The second kappa shape index (κ2) is 8.69. The fraction of sp³-hybridized carbons (Fsp3) is 0.167. The highest BCUT2D eigenvalue weighted by molar-refractivity contribution is 6.36. The third-order valence-corrected chi connectivity index (χ3v) is 3.83. The lowest BCUT2D eigenvalue weighted by Crippen LogP contribution is -2.10. The molecule has 26 heavy (non-hydrogen) atoms. The summed E-state index contributed by atoms with van der Waals surface area (Å²) < 4.78 is 10.8. The van der Waals surface area contributed by atoms with Gasteiger partial charge in [0.15, 0.2) is 11.5 Å². The van der Waals surface area contributed by atoms with Gasteiger partial charge in [0.1, 0.15) is 0 Å². The quantitative estimate of drug-likeness (QED) is 0.288. The van der Waals surface area contributed by atoms with E-state index in [-0.39, 0.29) is 27.8 Å². The molecule has 0 aliphatic carbocycles. The van der Waals surface area contributed by atoms with Crippen molar-refractivity contribution in [2.24, 2.45) is 0 Å². The van der Waals surface area contributed by atoms with Gasteiger partial charge in [0.2, 0.25) is 5.70 Å². The number of carbonyl (C=O) groups excluding carboxylic acids is 1. The van der Waals surface area contributed by atoms with E-state index in [2.05, 4.69) is 0 Å². The standard InChI is InChI=1S/C18H15Cl2NO5/c1-3-25-17-9-12(8-11(2)21(23)24)4-7-16(17)26-18(22)14-6-5-13(19)10-15(14)20/h4-10H,3H2,1-2H3/b11-8-. The minimum Gasteiger partial charge on any atom is -0.490 e. The summed E-state index contributed by atoms with van der Waals surface area (Å²) in [6.45, 7) is 3.48. The van der Waals surface area contributed by atoms with Gasteiger partial charge in [-0.2, -0.15) is 0 Å². The Labute approximate surface area is 160 Å². The molecule has 0 aromatic heterocycles. The van der Waals surface area contributed by atoms with E-state index in [1.165, 1.54) is 37.3 Å². The average molecular weight is 396 g/mol. The second-order valence-electron chi connectivity index (χ2n) is 5.20. The Morgan fingerprint density at radius 2 is 1.92 bits per heavy atom. The molecule has 0 N–H and O–H groups in total. The van der Waals surface area contributed by atoms with Gasteiger partial charge in [-0.25, -0.2) is 4.79 Å². The fourth-order valence-corrected chi connectivity index (χ4v) is 2.56. The van der Waals surface area contributed by atoms with Crippen molar-refractivity contribution in [1.82, 2.24) is 0 Å². The van der Waals surface area contributed by atoms with Gasteiger partial charge in [-0.1, -0.05) is 29.3 Å². The first-order valence-electron chi connectivity index (χ1n) is 7.58. The number of nitro groups is 1. The van der Waals surface area contributed by atoms with Crippen LogP contribution in [-0.2, 0) is 0 Å². The second-order valence-corrected chi connectivity index (χ2v) is 6.04. The Kier molecular flexibility index (Phi) is 6.60. The summed E-state index contributed by atoms with van der Waals surface area (Å²) >= 11 is 11.8. The molecule has 0 spiro atoms. The Morgan fingerprint density at radius 3 is 2.54 bits per heavy atom. The third-order valence-electron chi connectivity index (χ3n) is 3.28. The lowest BCUT2D eigenvalue weighted by Gasteiger charge is -2.12. The van der Waals surface area contributed by atoms with Gasteiger partial charge in [-0.3, -0.25) is 10.1 Å². The molecule has 0 fully saturated rings. The van der Waals surface area contributed by atoms with E-state index in [1.54, 1.807) is 19.1 Å². The van der Waals surface area contributed by atoms with Crippen LogP contribution in [0, 0.1) is 10.1 Å². The molecule has 6 nitrogen and oxygen atoms in total. The zero-order valence-corrected chi connectivity index (χ0v) is 15.5. The largest absolute Gasteiger partial charge is 0.490 e. The van der Waals surface area contributed by atoms with Gasteiger partial charge in [-0.15, -0.1) is 0 Å². The molecule has 0 aliphatic rings. The molecule has 136 valence electrons. The van der Waals surface area contributed by atoms with Gasteiger partial charge in [0.05, 0.1) is 22.1 Å². The maximum absolute atomic E-state index is 12.3. The van der Waals surface area contributed by atoms with Crippen molar-refractivity contribution in [2.45, 2.75) is 13.8 Å². The predicted octanol–water partition coefficient (Wildman–Crippen LogP) is 5.25. The highest BCUT2D eigenvalue weighted by Gasteiger charge is 2.16. The number of ether oxygens (including phenoxy) is 2. The lowest BCUT2D eigenvalue weighted by atomic mass is 10.1. The van der Waals surface area contributed by atoms with E-state index < -0.39 is 10.9 Å². The van der Waals surface area contributed by atoms with Crippen molar-refractivity contribution in [2.75, 3.05) is 6.61 Å². The molecule has 0 amide bonds. The molecule has 0 radical (unpaired) electrons. The molecule has 0 aliphatic heterocycles. The van der Waals surface area contributed by atoms with Gasteiger partial charge in [0.25, 0.3) is 0 Å². The summed E-state index contributed by atoms with van der Waals surface area (Å²) in [5, 5.41) is 11.3. The maximum atomic E-state index is 12.3. The van der Waals surface area contributed by atoms with E-state index >= 15 is 0 Å². The van der Waals surface area contributed by atoms with Crippen LogP contribution in [0.5, 0.6) is 11.5 Å². The smallest absolute Gasteiger partial charge is 0.345 e. The minimum atomic E-state index is -0.669. The molecule has 2 rings (SSSR count). The normalized spacial score (nSPS) is 11.2. The fourth-order valence-electron chi connectivity index (χ4n) is 2.07. The molecule has 0 saturated carbocycles. The van der Waals surface area contributed by atoms with Crippen LogP contribution < -0.4 is 9.47 Å². The minimum absolute atomic E-state index is 0.0230. The number of allylic oxidation sites excluding steroid dienone is 1. The summed E-state index contributed by atoms with van der Waals surface area (Å²) in [6.07, 6.45) is 1.39. The van der Waals surface area contributed by atoms with Crippen molar-refractivity contribution in [3.63, 3.8) is 0 Å². The third kappa shape index (κ3) is 4.97. The number of esters is 1. The molecule has 0 unspecified atom stereocenters. The van der Waals surface area contributed by atoms with E-state index in [9.17, 15) is 14.9 Å². The van der Waals surface area contributed by atoms with Crippen molar-refractivity contribution in [1.29, 1.82) is 0 Å². The SMILES string of the molecule is CCOc1cc(/C=C(/C)[N+](=O)[O-])ccc1OC(=O)c1ccc(Cl)cc1Cl.